The number of aromatic nitrogens is 2. The Kier molecular flexibility index (Phi) is 8.55. The van der Waals surface area contributed by atoms with E-state index in [1.807, 2.05) is 6.92 Å². The Labute approximate surface area is 195 Å². The number of hydrogen-bond acceptors (Lipinski definition) is 3. The predicted octanol–water partition coefficient (Wildman–Crippen LogP) is 5.62. The number of rotatable bonds is 11. The van der Waals surface area contributed by atoms with Crippen LogP contribution < -0.4 is 0 Å². The van der Waals surface area contributed by atoms with Crippen LogP contribution in [-0.4, -0.2) is 45.4 Å². The molecular formula is C26H34F2N4O. The van der Waals surface area contributed by atoms with Crippen LogP contribution in [-0.2, 0) is 19.6 Å². The summed E-state index contributed by atoms with van der Waals surface area (Å²) in [5.74, 6) is -1.12. The molecule has 2 aromatic carbocycles. The van der Waals surface area contributed by atoms with Crippen molar-refractivity contribution in [1.82, 2.24) is 19.4 Å². The minimum Gasteiger partial charge on any atom is -0.331 e. The summed E-state index contributed by atoms with van der Waals surface area (Å²) in [6.07, 6.45) is 2.71. The molecule has 7 heteroatoms. The van der Waals surface area contributed by atoms with Crippen LogP contribution in [0.4, 0.5) is 8.78 Å². The molecule has 0 bridgehead atoms. The zero-order valence-corrected chi connectivity index (χ0v) is 20.1. The van der Waals surface area contributed by atoms with Crippen molar-refractivity contribution in [2.24, 2.45) is 0 Å². The van der Waals surface area contributed by atoms with Gasteiger partial charge in [-0.3, -0.25) is 4.79 Å². The van der Waals surface area contributed by atoms with Crippen molar-refractivity contribution >= 4 is 16.9 Å². The van der Waals surface area contributed by atoms with E-state index in [-0.39, 0.29) is 12.1 Å². The Morgan fingerprint density at radius 1 is 0.970 bits per heavy atom. The van der Waals surface area contributed by atoms with Gasteiger partial charge in [-0.2, -0.15) is 0 Å². The second kappa shape index (κ2) is 11.4. The lowest BCUT2D eigenvalue weighted by Crippen LogP contribution is -2.33. The molecule has 0 radical (unpaired) electrons. The van der Waals surface area contributed by atoms with Crippen molar-refractivity contribution < 1.29 is 13.6 Å². The highest BCUT2D eigenvalue weighted by Gasteiger charge is 2.22. The number of hydrogen-bond donors (Lipinski definition) is 0. The fourth-order valence-electron chi connectivity index (χ4n) is 4.21. The first kappa shape index (κ1) is 24.8. The molecule has 0 aliphatic carbocycles. The second-order valence-corrected chi connectivity index (χ2v) is 8.59. The van der Waals surface area contributed by atoms with Gasteiger partial charge in [-0.25, -0.2) is 13.8 Å². The minimum atomic E-state index is -0.717. The quantitative estimate of drug-likeness (QED) is 0.376. The number of aryl methyl sites for hydroxylation is 1. The first-order valence-electron chi connectivity index (χ1n) is 11.8. The normalized spacial score (nSPS) is 11.5. The zero-order chi connectivity index (χ0) is 24.0. The number of fused-ring (bicyclic) bond motifs is 1. The summed E-state index contributed by atoms with van der Waals surface area (Å²) in [5, 5.41) is 0. The maximum absolute atomic E-state index is 14.3. The molecule has 1 heterocycles. The Hall–Kier alpha value is -2.80. The number of carbonyl (C=O) groups excluding carboxylic acids is 1. The number of imidazole rings is 1. The zero-order valence-electron chi connectivity index (χ0n) is 20.1. The van der Waals surface area contributed by atoms with Gasteiger partial charge in [-0.05, 0) is 68.8 Å². The molecule has 0 spiro atoms. The summed E-state index contributed by atoms with van der Waals surface area (Å²) >= 11 is 0. The lowest BCUT2D eigenvalue weighted by Gasteiger charge is -2.23. The molecule has 0 saturated carbocycles. The maximum Gasteiger partial charge on any atom is 0.257 e. The van der Waals surface area contributed by atoms with Gasteiger partial charge >= 0.3 is 0 Å². The van der Waals surface area contributed by atoms with E-state index >= 15 is 0 Å². The van der Waals surface area contributed by atoms with Crippen LogP contribution in [0.3, 0.4) is 0 Å². The minimum absolute atomic E-state index is 0.238. The molecule has 33 heavy (non-hydrogen) atoms. The van der Waals surface area contributed by atoms with Crippen LogP contribution in [0.15, 0.2) is 36.4 Å². The Bertz CT molecular complexity index is 1100. The van der Waals surface area contributed by atoms with Crippen LogP contribution in [0.1, 0.15) is 61.8 Å². The highest BCUT2D eigenvalue weighted by molar-refractivity contribution is 5.94. The van der Waals surface area contributed by atoms with Crippen molar-refractivity contribution in [3.63, 3.8) is 0 Å². The van der Waals surface area contributed by atoms with Crippen molar-refractivity contribution in [2.75, 3.05) is 20.1 Å². The average molecular weight is 457 g/mol. The molecule has 0 fully saturated rings. The van der Waals surface area contributed by atoms with Crippen LogP contribution in [0.5, 0.6) is 0 Å². The van der Waals surface area contributed by atoms with Gasteiger partial charge in [0.1, 0.15) is 17.5 Å². The standard InChI is InChI=1S/C26H34F2N4O/c1-5-12-30(4)17-19-8-11-24-23(15-19)29-25(32(24)14-7-3)18-31(13-6-2)26(33)21-16-20(27)9-10-22(21)28/h8-11,15-16H,5-7,12-14,17-18H2,1-4H3. The molecule has 0 unspecified atom stereocenters. The van der Waals surface area contributed by atoms with E-state index in [1.54, 1.807) is 4.90 Å². The molecule has 1 aromatic heterocycles. The summed E-state index contributed by atoms with van der Waals surface area (Å²) in [5.41, 5.74) is 2.86. The SMILES string of the molecule is CCCN(C)Cc1ccc2c(c1)nc(CN(CCC)C(=O)c1cc(F)ccc1F)n2CCC. The van der Waals surface area contributed by atoms with E-state index in [9.17, 15) is 13.6 Å². The third-order valence-corrected chi connectivity index (χ3v) is 5.67. The number of nitrogens with zero attached hydrogens (tertiary/aromatic N) is 4. The van der Waals surface area contributed by atoms with Crippen molar-refractivity contribution in [1.29, 1.82) is 0 Å². The molecule has 0 N–H and O–H groups in total. The van der Waals surface area contributed by atoms with Gasteiger partial charge < -0.3 is 14.4 Å². The van der Waals surface area contributed by atoms with Crippen LogP contribution in [0, 0.1) is 11.6 Å². The van der Waals surface area contributed by atoms with Gasteiger partial charge in [-0.15, -0.1) is 0 Å². The summed E-state index contributed by atoms with van der Waals surface area (Å²) in [6, 6.07) is 9.31. The second-order valence-electron chi connectivity index (χ2n) is 8.59. The first-order valence-corrected chi connectivity index (χ1v) is 11.8. The van der Waals surface area contributed by atoms with E-state index in [1.165, 1.54) is 5.56 Å². The Morgan fingerprint density at radius 2 is 1.73 bits per heavy atom. The smallest absolute Gasteiger partial charge is 0.257 e. The number of carbonyl (C=O) groups is 1. The lowest BCUT2D eigenvalue weighted by atomic mass is 10.1. The van der Waals surface area contributed by atoms with E-state index in [2.05, 4.69) is 48.6 Å². The molecule has 178 valence electrons. The van der Waals surface area contributed by atoms with E-state index in [0.29, 0.717) is 13.0 Å². The molecule has 0 aliphatic heterocycles. The molecule has 3 rings (SSSR count). The summed E-state index contributed by atoms with van der Waals surface area (Å²) < 4.78 is 30.1. The number of benzene rings is 2. The predicted molar refractivity (Wildman–Crippen MR) is 128 cm³/mol. The molecule has 0 atom stereocenters. The molecule has 3 aromatic rings. The van der Waals surface area contributed by atoms with Gasteiger partial charge in [0.25, 0.3) is 5.91 Å². The van der Waals surface area contributed by atoms with Gasteiger partial charge in [0.05, 0.1) is 23.1 Å². The van der Waals surface area contributed by atoms with Crippen molar-refractivity contribution in [2.45, 2.75) is 59.7 Å². The molecule has 0 saturated heterocycles. The van der Waals surface area contributed by atoms with Gasteiger partial charge in [0, 0.05) is 19.6 Å². The molecule has 5 nitrogen and oxygen atoms in total. The molecular weight excluding hydrogens is 422 g/mol. The number of halogens is 2. The average Bonchev–Trinajstić information content (AvgIpc) is 3.11. The lowest BCUT2D eigenvalue weighted by molar-refractivity contribution is 0.0732. The van der Waals surface area contributed by atoms with Crippen LogP contribution >= 0.6 is 0 Å². The molecule has 0 aliphatic rings. The summed E-state index contributed by atoms with van der Waals surface area (Å²) in [4.78, 5) is 21.8. The van der Waals surface area contributed by atoms with E-state index in [4.69, 9.17) is 4.98 Å². The first-order chi connectivity index (χ1) is 15.9. The van der Waals surface area contributed by atoms with Gasteiger partial charge in [-0.1, -0.05) is 26.8 Å². The van der Waals surface area contributed by atoms with Crippen LogP contribution in [0.2, 0.25) is 0 Å². The van der Waals surface area contributed by atoms with Gasteiger partial charge in [0.2, 0.25) is 0 Å². The Balaban J connectivity index is 1.94. The van der Waals surface area contributed by atoms with Gasteiger partial charge in [0.15, 0.2) is 0 Å². The third-order valence-electron chi connectivity index (χ3n) is 5.67. The highest BCUT2D eigenvalue weighted by Crippen LogP contribution is 2.22. The largest absolute Gasteiger partial charge is 0.331 e. The molecule has 1 amide bonds. The van der Waals surface area contributed by atoms with E-state index in [0.717, 1.165) is 67.5 Å². The highest BCUT2D eigenvalue weighted by atomic mass is 19.1. The Morgan fingerprint density at radius 3 is 2.42 bits per heavy atom. The van der Waals surface area contributed by atoms with Crippen molar-refractivity contribution in [3.05, 3.63) is 65.0 Å². The maximum atomic E-state index is 14.3. The van der Waals surface area contributed by atoms with Crippen molar-refractivity contribution in [3.8, 4) is 0 Å². The van der Waals surface area contributed by atoms with Crippen LogP contribution in [0.25, 0.3) is 11.0 Å². The van der Waals surface area contributed by atoms with E-state index < -0.39 is 17.5 Å². The fraction of sp³-hybridized carbons (Fsp3) is 0.462. The fourth-order valence-corrected chi connectivity index (χ4v) is 4.21. The third kappa shape index (κ3) is 5.96. The topological polar surface area (TPSA) is 41.4 Å². The monoisotopic (exact) mass is 456 g/mol. The number of amides is 1. The summed E-state index contributed by atoms with van der Waals surface area (Å²) in [6.45, 7) is 9.52. The summed E-state index contributed by atoms with van der Waals surface area (Å²) in [7, 11) is 2.11.